The fourth-order valence-electron chi connectivity index (χ4n) is 2.18. The summed E-state index contributed by atoms with van der Waals surface area (Å²) in [5.41, 5.74) is 3.30. The van der Waals surface area contributed by atoms with Crippen LogP contribution in [0, 0.1) is 17.8 Å². The molecule has 0 N–H and O–H groups in total. The topological polar surface area (TPSA) is 0 Å². The van der Waals surface area contributed by atoms with E-state index >= 15 is 0 Å². The van der Waals surface area contributed by atoms with Gasteiger partial charge in [0.15, 0.2) is 0 Å². The van der Waals surface area contributed by atoms with Crippen molar-refractivity contribution >= 4 is 0 Å². The fraction of sp³-hybridized carbons (Fsp3) is 0.833. The van der Waals surface area contributed by atoms with Crippen LogP contribution in [0.2, 0.25) is 0 Å². The van der Waals surface area contributed by atoms with E-state index in [1.54, 1.807) is 11.1 Å². The highest BCUT2D eigenvalue weighted by atomic mass is 14.3. The highest BCUT2D eigenvalue weighted by Crippen LogP contribution is 2.42. The number of rotatable bonds is 3. The molecule has 0 radical (unpaired) electrons. The highest BCUT2D eigenvalue weighted by Gasteiger charge is 2.30. The Labute approximate surface area is 77.1 Å². The first-order valence-electron chi connectivity index (χ1n) is 5.24. The first-order chi connectivity index (χ1) is 5.57. The van der Waals surface area contributed by atoms with Crippen LogP contribution in [0.1, 0.15) is 47.5 Å². The monoisotopic (exact) mass is 166 g/mol. The van der Waals surface area contributed by atoms with Gasteiger partial charge in [0, 0.05) is 0 Å². The third-order valence-corrected chi connectivity index (χ3v) is 3.93. The van der Waals surface area contributed by atoms with Crippen LogP contribution in [-0.4, -0.2) is 0 Å². The van der Waals surface area contributed by atoms with Crippen molar-refractivity contribution in [3.8, 4) is 0 Å². The predicted octanol–water partition coefficient (Wildman–Crippen LogP) is 4.02. The first kappa shape index (κ1) is 9.83. The van der Waals surface area contributed by atoms with Crippen molar-refractivity contribution in [3.05, 3.63) is 11.1 Å². The van der Waals surface area contributed by atoms with Crippen LogP contribution >= 0.6 is 0 Å². The van der Waals surface area contributed by atoms with Gasteiger partial charge in [-0.25, -0.2) is 0 Å². The number of allylic oxidation sites excluding steroid dienone is 2. The average Bonchev–Trinajstić information content (AvgIpc) is 2.10. The Morgan fingerprint density at radius 3 is 2.25 bits per heavy atom. The predicted molar refractivity (Wildman–Crippen MR) is 55.1 cm³/mol. The second kappa shape index (κ2) is 3.64. The minimum atomic E-state index is 0.887. The van der Waals surface area contributed by atoms with Gasteiger partial charge in [0.05, 0.1) is 0 Å². The maximum absolute atomic E-state index is 2.41. The van der Waals surface area contributed by atoms with Gasteiger partial charge in [-0.2, -0.15) is 0 Å². The lowest BCUT2D eigenvalue weighted by molar-refractivity contribution is 0.262. The molecule has 0 bridgehead atoms. The van der Waals surface area contributed by atoms with Crippen molar-refractivity contribution in [1.82, 2.24) is 0 Å². The average molecular weight is 166 g/mol. The van der Waals surface area contributed by atoms with Gasteiger partial charge < -0.3 is 0 Å². The Hall–Kier alpha value is -0.260. The van der Waals surface area contributed by atoms with Crippen LogP contribution in [0.4, 0.5) is 0 Å². The lowest BCUT2D eigenvalue weighted by atomic mass is 9.68. The van der Waals surface area contributed by atoms with Crippen molar-refractivity contribution in [1.29, 1.82) is 0 Å². The molecule has 1 rings (SSSR count). The summed E-state index contributed by atoms with van der Waals surface area (Å²) < 4.78 is 0. The van der Waals surface area contributed by atoms with E-state index < -0.39 is 0 Å². The highest BCUT2D eigenvalue weighted by molar-refractivity contribution is 5.25. The Morgan fingerprint density at radius 2 is 1.92 bits per heavy atom. The van der Waals surface area contributed by atoms with Gasteiger partial charge >= 0.3 is 0 Å². The molecule has 3 atom stereocenters. The molecule has 0 aromatic carbocycles. The zero-order valence-corrected chi connectivity index (χ0v) is 9.15. The molecule has 0 fully saturated rings. The zero-order valence-electron chi connectivity index (χ0n) is 9.15. The molecular weight excluding hydrogens is 144 g/mol. The summed E-state index contributed by atoms with van der Waals surface area (Å²) in [4.78, 5) is 0. The van der Waals surface area contributed by atoms with Gasteiger partial charge in [0.25, 0.3) is 0 Å². The molecule has 0 amide bonds. The SMILES string of the molecule is CCC(C)C(C)C1CC(C)=C1C. The van der Waals surface area contributed by atoms with Gasteiger partial charge in [0.1, 0.15) is 0 Å². The Balaban J connectivity index is 2.52. The molecule has 0 saturated carbocycles. The summed E-state index contributed by atoms with van der Waals surface area (Å²) in [5.74, 6) is 2.68. The molecule has 0 nitrogen and oxygen atoms in total. The minimum Gasteiger partial charge on any atom is -0.0735 e. The van der Waals surface area contributed by atoms with Gasteiger partial charge in [-0.15, -0.1) is 0 Å². The van der Waals surface area contributed by atoms with Crippen molar-refractivity contribution in [3.63, 3.8) is 0 Å². The third-order valence-electron chi connectivity index (χ3n) is 3.93. The smallest absolute Gasteiger partial charge is 0.0138 e. The summed E-state index contributed by atoms with van der Waals surface area (Å²) in [6, 6.07) is 0. The zero-order chi connectivity index (χ0) is 9.30. The van der Waals surface area contributed by atoms with Crippen LogP contribution in [-0.2, 0) is 0 Å². The van der Waals surface area contributed by atoms with Gasteiger partial charge in [0.2, 0.25) is 0 Å². The molecule has 3 unspecified atom stereocenters. The van der Waals surface area contributed by atoms with Crippen LogP contribution in [0.15, 0.2) is 11.1 Å². The normalized spacial score (nSPS) is 28.2. The molecule has 0 heteroatoms. The van der Waals surface area contributed by atoms with Crippen molar-refractivity contribution in [2.45, 2.75) is 47.5 Å². The van der Waals surface area contributed by atoms with E-state index in [9.17, 15) is 0 Å². The van der Waals surface area contributed by atoms with Gasteiger partial charge in [-0.05, 0) is 38.0 Å². The Morgan fingerprint density at radius 1 is 1.33 bits per heavy atom. The minimum absolute atomic E-state index is 0.887. The number of hydrogen-bond donors (Lipinski definition) is 0. The molecule has 1 aliphatic rings. The molecule has 12 heavy (non-hydrogen) atoms. The molecule has 70 valence electrons. The van der Waals surface area contributed by atoms with Crippen molar-refractivity contribution < 1.29 is 0 Å². The van der Waals surface area contributed by atoms with Gasteiger partial charge in [-0.1, -0.05) is 38.3 Å². The molecule has 1 aliphatic carbocycles. The van der Waals surface area contributed by atoms with Crippen molar-refractivity contribution in [2.24, 2.45) is 17.8 Å². The lowest BCUT2D eigenvalue weighted by Crippen LogP contribution is -2.26. The van der Waals surface area contributed by atoms with E-state index in [4.69, 9.17) is 0 Å². The summed E-state index contributed by atoms with van der Waals surface area (Å²) in [6.07, 6.45) is 2.68. The fourth-order valence-corrected chi connectivity index (χ4v) is 2.18. The van der Waals surface area contributed by atoms with E-state index in [0.29, 0.717) is 0 Å². The molecule has 0 aliphatic heterocycles. The van der Waals surface area contributed by atoms with Crippen molar-refractivity contribution in [2.75, 3.05) is 0 Å². The van der Waals surface area contributed by atoms with E-state index in [1.807, 2.05) is 0 Å². The standard InChI is InChI=1S/C12H22/c1-6-8(2)10(4)12-7-9(3)11(12)5/h8,10,12H,6-7H2,1-5H3. The molecule has 0 saturated heterocycles. The molecule has 0 spiro atoms. The molecule has 0 aromatic heterocycles. The first-order valence-corrected chi connectivity index (χ1v) is 5.24. The molecule has 0 heterocycles. The molecular formula is C12H22. The van der Waals surface area contributed by atoms with E-state index in [2.05, 4.69) is 34.6 Å². The number of hydrogen-bond acceptors (Lipinski definition) is 0. The maximum Gasteiger partial charge on any atom is -0.0138 e. The van der Waals surface area contributed by atoms with Crippen LogP contribution in [0.25, 0.3) is 0 Å². The summed E-state index contributed by atoms with van der Waals surface area (Å²) >= 11 is 0. The second-order valence-electron chi connectivity index (χ2n) is 4.52. The van der Waals surface area contributed by atoms with E-state index in [1.165, 1.54) is 12.8 Å². The quantitative estimate of drug-likeness (QED) is 0.555. The summed E-state index contributed by atoms with van der Waals surface area (Å²) in [5, 5.41) is 0. The van der Waals surface area contributed by atoms with Crippen LogP contribution in [0.3, 0.4) is 0 Å². The van der Waals surface area contributed by atoms with Crippen LogP contribution < -0.4 is 0 Å². The lowest BCUT2D eigenvalue weighted by Gasteiger charge is -2.37. The third kappa shape index (κ3) is 1.57. The van der Waals surface area contributed by atoms with Gasteiger partial charge in [-0.3, -0.25) is 0 Å². The largest absolute Gasteiger partial charge is 0.0735 e. The van der Waals surface area contributed by atoms with E-state index in [0.717, 1.165) is 17.8 Å². The summed E-state index contributed by atoms with van der Waals surface area (Å²) in [6.45, 7) is 11.7. The van der Waals surface area contributed by atoms with Crippen LogP contribution in [0.5, 0.6) is 0 Å². The Bertz CT molecular complexity index is 188. The Kier molecular flexibility index (Phi) is 2.98. The summed E-state index contributed by atoms with van der Waals surface area (Å²) in [7, 11) is 0. The molecule has 0 aromatic rings. The maximum atomic E-state index is 2.41. The second-order valence-corrected chi connectivity index (χ2v) is 4.52. The van der Waals surface area contributed by atoms with E-state index in [-0.39, 0.29) is 0 Å².